The molecular weight excluding hydrogens is 324 g/mol. The van der Waals surface area contributed by atoms with Crippen molar-refractivity contribution in [2.45, 2.75) is 6.61 Å². The largest absolute Gasteiger partial charge is 0.378 e. The molecule has 2 nitrogen and oxygen atoms in total. The van der Waals surface area contributed by atoms with Crippen molar-refractivity contribution in [1.29, 1.82) is 0 Å². The molecule has 0 atom stereocenters. The van der Waals surface area contributed by atoms with Gasteiger partial charge in [-0.1, -0.05) is 23.7 Å². The quantitative estimate of drug-likeness (QED) is 0.783. The van der Waals surface area contributed by atoms with Gasteiger partial charge in [-0.15, -0.1) is 0 Å². The normalized spacial score (nSPS) is 10.9. The number of pyridine rings is 1. The van der Waals surface area contributed by atoms with E-state index >= 15 is 0 Å². The Morgan fingerprint density at radius 3 is 3.00 bits per heavy atom. The summed E-state index contributed by atoms with van der Waals surface area (Å²) in [5.74, 6) is 0. The van der Waals surface area contributed by atoms with Gasteiger partial charge in [0.15, 0.2) is 0 Å². The Kier molecular flexibility index (Phi) is 3.43. The first-order valence-corrected chi connectivity index (χ1v) is 5.90. The van der Waals surface area contributed by atoms with Gasteiger partial charge in [-0.25, -0.2) is 4.98 Å². The Bertz CT molecular complexity index is 501. The van der Waals surface area contributed by atoms with Crippen molar-refractivity contribution in [3.05, 3.63) is 38.6 Å². The number of benzene rings is 1. The molecule has 0 bridgehead atoms. The monoisotopic (exact) mass is 333 g/mol. The van der Waals surface area contributed by atoms with Crippen LogP contribution in [0.3, 0.4) is 0 Å². The minimum absolute atomic E-state index is 0.487. The van der Waals surface area contributed by atoms with Crippen LogP contribution < -0.4 is 0 Å². The lowest BCUT2D eigenvalue weighted by atomic mass is 10.2. The van der Waals surface area contributed by atoms with Crippen LogP contribution in [-0.4, -0.2) is 12.1 Å². The molecule has 0 saturated heterocycles. The van der Waals surface area contributed by atoms with Crippen LogP contribution in [0.4, 0.5) is 0 Å². The van der Waals surface area contributed by atoms with Gasteiger partial charge in [0.05, 0.1) is 22.8 Å². The first-order chi connectivity index (χ1) is 7.22. The zero-order valence-electron chi connectivity index (χ0n) is 8.13. The molecule has 1 aromatic carbocycles. The second kappa shape index (κ2) is 4.63. The first kappa shape index (κ1) is 11.1. The summed E-state index contributed by atoms with van der Waals surface area (Å²) < 4.78 is 6.15. The van der Waals surface area contributed by atoms with Gasteiger partial charge in [0.1, 0.15) is 0 Å². The van der Waals surface area contributed by atoms with Crippen LogP contribution in [0.5, 0.6) is 0 Å². The van der Waals surface area contributed by atoms with Crippen molar-refractivity contribution in [3.63, 3.8) is 0 Å². The predicted molar refractivity (Wildman–Crippen MR) is 70.2 cm³/mol. The van der Waals surface area contributed by atoms with Crippen LogP contribution in [0.15, 0.2) is 24.3 Å². The highest BCUT2D eigenvalue weighted by Gasteiger charge is 2.06. The maximum absolute atomic E-state index is 6.17. The fourth-order valence-corrected chi connectivity index (χ4v) is 2.34. The van der Waals surface area contributed by atoms with E-state index in [0.29, 0.717) is 6.61 Å². The number of para-hydroxylation sites is 1. The summed E-state index contributed by atoms with van der Waals surface area (Å²) in [6.45, 7) is 0.487. The molecule has 1 aromatic heterocycles. The first-order valence-electron chi connectivity index (χ1n) is 4.45. The third kappa shape index (κ3) is 2.24. The molecule has 0 fully saturated rings. The van der Waals surface area contributed by atoms with Gasteiger partial charge >= 0.3 is 0 Å². The fourth-order valence-electron chi connectivity index (χ4n) is 1.44. The van der Waals surface area contributed by atoms with Gasteiger partial charge < -0.3 is 4.74 Å². The summed E-state index contributed by atoms with van der Waals surface area (Å²) in [5, 5.41) is 1.72. The molecule has 0 aliphatic carbocycles. The predicted octanol–water partition coefficient (Wildman–Crippen LogP) is 3.64. The van der Waals surface area contributed by atoms with E-state index < -0.39 is 0 Å². The third-order valence-electron chi connectivity index (χ3n) is 2.09. The van der Waals surface area contributed by atoms with Crippen molar-refractivity contribution in [2.24, 2.45) is 0 Å². The number of methoxy groups -OCH3 is 1. The van der Waals surface area contributed by atoms with Gasteiger partial charge in [-0.3, -0.25) is 0 Å². The maximum atomic E-state index is 6.17. The molecule has 78 valence electrons. The van der Waals surface area contributed by atoms with Gasteiger partial charge in [0, 0.05) is 16.1 Å². The number of fused-ring (bicyclic) bond motifs is 1. The van der Waals surface area contributed by atoms with Crippen LogP contribution >= 0.6 is 34.2 Å². The molecule has 15 heavy (non-hydrogen) atoms. The Hall–Kier alpha value is -0.390. The minimum Gasteiger partial charge on any atom is -0.378 e. The lowest BCUT2D eigenvalue weighted by Gasteiger charge is -2.05. The van der Waals surface area contributed by atoms with E-state index in [4.69, 9.17) is 16.3 Å². The lowest BCUT2D eigenvalue weighted by Crippen LogP contribution is -1.94. The lowest BCUT2D eigenvalue weighted by molar-refractivity contribution is 0.182. The molecule has 2 aromatic rings. The van der Waals surface area contributed by atoms with Crippen molar-refractivity contribution in [3.8, 4) is 0 Å². The highest BCUT2D eigenvalue weighted by Crippen LogP contribution is 2.26. The number of hydrogen-bond acceptors (Lipinski definition) is 2. The molecule has 4 heteroatoms. The Morgan fingerprint density at radius 2 is 2.27 bits per heavy atom. The van der Waals surface area contributed by atoms with Crippen LogP contribution in [0.1, 0.15) is 5.69 Å². The van der Waals surface area contributed by atoms with E-state index in [2.05, 4.69) is 27.6 Å². The van der Waals surface area contributed by atoms with Gasteiger partial charge in [0.2, 0.25) is 0 Å². The third-order valence-corrected chi connectivity index (χ3v) is 3.27. The molecule has 0 unspecified atom stereocenters. The number of hydrogen-bond donors (Lipinski definition) is 0. The van der Waals surface area contributed by atoms with Crippen LogP contribution in [-0.2, 0) is 11.3 Å². The SMILES string of the molecule is COCc1cc(Cl)c2cccc(I)c2n1. The summed E-state index contributed by atoms with van der Waals surface area (Å²) in [6.07, 6.45) is 0. The molecule has 1 heterocycles. The maximum Gasteiger partial charge on any atom is 0.0884 e. The van der Waals surface area contributed by atoms with Crippen LogP contribution in [0.2, 0.25) is 5.02 Å². The summed E-state index contributed by atoms with van der Waals surface area (Å²) in [4.78, 5) is 4.51. The topological polar surface area (TPSA) is 22.1 Å². The second-order valence-corrected chi connectivity index (χ2v) is 4.73. The van der Waals surface area contributed by atoms with Crippen molar-refractivity contribution < 1.29 is 4.74 Å². The zero-order valence-corrected chi connectivity index (χ0v) is 11.0. The number of halogens is 2. The van der Waals surface area contributed by atoms with Gasteiger partial charge in [-0.2, -0.15) is 0 Å². The number of nitrogens with zero attached hydrogens (tertiary/aromatic N) is 1. The van der Waals surface area contributed by atoms with E-state index in [1.54, 1.807) is 7.11 Å². The van der Waals surface area contributed by atoms with E-state index in [0.717, 1.165) is 25.2 Å². The molecule has 2 rings (SSSR count). The summed E-state index contributed by atoms with van der Waals surface area (Å²) in [6, 6.07) is 7.82. The van der Waals surface area contributed by atoms with Crippen molar-refractivity contribution >= 4 is 45.1 Å². The Labute approximate surface area is 107 Å². The van der Waals surface area contributed by atoms with Gasteiger partial charge in [-0.05, 0) is 34.7 Å². The fraction of sp³-hybridized carbons (Fsp3) is 0.182. The number of rotatable bonds is 2. The molecule has 0 spiro atoms. The van der Waals surface area contributed by atoms with E-state index in [1.165, 1.54) is 0 Å². The molecular formula is C11H9ClINO. The zero-order chi connectivity index (χ0) is 10.8. The summed E-state index contributed by atoms with van der Waals surface area (Å²) in [7, 11) is 1.65. The molecule has 0 aliphatic rings. The standard InChI is InChI=1S/C11H9ClINO/c1-15-6-7-5-9(12)8-3-2-4-10(13)11(8)14-7/h2-5H,6H2,1H3. The van der Waals surface area contributed by atoms with E-state index in [-0.39, 0.29) is 0 Å². The van der Waals surface area contributed by atoms with Crippen molar-refractivity contribution in [2.75, 3.05) is 7.11 Å². The Balaban J connectivity index is 2.68. The van der Waals surface area contributed by atoms with Gasteiger partial charge in [0.25, 0.3) is 0 Å². The van der Waals surface area contributed by atoms with Crippen LogP contribution in [0.25, 0.3) is 10.9 Å². The summed E-state index contributed by atoms with van der Waals surface area (Å²) in [5.41, 5.74) is 1.80. The molecule has 0 saturated carbocycles. The molecule has 0 N–H and O–H groups in total. The molecule has 0 amide bonds. The Morgan fingerprint density at radius 1 is 1.47 bits per heavy atom. The summed E-state index contributed by atoms with van der Waals surface area (Å²) >= 11 is 8.43. The number of aromatic nitrogens is 1. The van der Waals surface area contributed by atoms with Crippen LogP contribution in [0, 0.1) is 3.57 Å². The minimum atomic E-state index is 0.487. The highest BCUT2D eigenvalue weighted by molar-refractivity contribution is 14.1. The molecule has 0 aliphatic heterocycles. The average Bonchev–Trinajstić information content (AvgIpc) is 2.20. The highest BCUT2D eigenvalue weighted by atomic mass is 127. The second-order valence-electron chi connectivity index (χ2n) is 3.16. The van der Waals surface area contributed by atoms with E-state index in [9.17, 15) is 0 Å². The van der Waals surface area contributed by atoms with Crippen molar-refractivity contribution in [1.82, 2.24) is 4.98 Å². The smallest absolute Gasteiger partial charge is 0.0884 e. The average molecular weight is 334 g/mol. The molecule has 0 radical (unpaired) electrons. The number of ether oxygens (including phenoxy) is 1. The van der Waals surface area contributed by atoms with E-state index in [1.807, 2.05) is 24.3 Å².